The third kappa shape index (κ3) is 7.03. The van der Waals surface area contributed by atoms with E-state index in [1.807, 2.05) is 31.2 Å². The predicted molar refractivity (Wildman–Crippen MR) is 109 cm³/mol. The number of hydrogen-bond acceptors (Lipinski definition) is 4. The van der Waals surface area contributed by atoms with E-state index < -0.39 is 0 Å². The number of carbonyl (C=O) groups excluding carboxylic acids is 1. The first-order chi connectivity index (χ1) is 13.6. The number of nitrogens with one attached hydrogen (secondary N) is 3. The van der Waals surface area contributed by atoms with E-state index >= 15 is 0 Å². The predicted octanol–water partition coefficient (Wildman–Crippen LogP) is 1.70. The normalized spacial score (nSPS) is 22.4. The average molecular weight is 389 g/mol. The molecule has 7 nitrogen and oxygen atoms in total. The van der Waals surface area contributed by atoms with E-state index in [9.17, 15) is 9.90 Å². The second-order valence-corrected chi connectivity index (χ2v) is 7.62. The minimum absolute atomic E-state index is 0.0426. The molecule has 0 radical (unpaired) electrons. The van der Waals surface area contributed by atoms with Crippen LogP contribution in [0.15, 0.2) is 29.3 Å². The maximum atomic E-state index is 11.8. The van der Waals surface area contributed by atoms with Gasteiger partial charge in [-0.25, -0.2) is 4.99 Å². The first-order valence-corrected chi connectivity index (χ1v) is 10.4. The molecule has 28 heavy (non-hydrogen) atoms. The minimum Gasteiger partial charge on any atom is -0.484 e. The van der Waals surface area contributed by atoms with Gasteiger partial charge < -0.3 is 25.8 Å². The summed E-state index contributed by atoms with van der Waals surface area (Å²) in [5, 5.41) is 19.3. The molecule has 1 amide bonds. The molecule has 2 aliphatic rings. The zero-order chi connectivity index (χ0) is 19.8. The molecule has 1 aromatic carbocycles. The second kappa shape index (κ2) is 10.3. The van der Waals surface area contributed by atoms with E-state index in [2.05, 4.69) is 20.9 Å². The molecule has 3 rings (SSSR count). The molecule has 0 atom stereocenters. The van der Waals surface area contributed by atoms with E-state index in [0.717, 1.165) is 56.6 Å². The van der Waals surface area contributed by atoms with Crippen LogP contribution in [0, 0.1) is 0 Å². The lowest BCUT2D eigenvalue weighted by atomic mass is 9.93. The molecule has 1 aromatic rings. The summed E-state index contributed by atoms with van der Waals surface area (Å²) < 4.78 is 5.61. The summed E-state index contributed by atoms with van der Waals surface area (Å²) in [7, 11) is 0. The molecule has 0 unspecified atom stereocenters. The van der Waals surface area contributed by atoms with Crippen molar-refractivity contribution in [2.24, 2.45) is 4.99 Å². The summed E-state index contributed by atoms with van der Waals surface area (Å²) >= 11 is 0. The summed E-state index contributed by atoms with van der Waals surface area (Å²) in [6.07, 6.45) is 5.57. The number of carbonyl (C=O) groups is 1. The molecule has 2 saturated carbocycles. The summed E-state index contributed by atoms with van der Waals surface area (Å²) in [6, 6.07) is 8.40. The van der Waals surface area contributed by atoms with Crippen molar-refractivity contribution in [1.82, 2.24) is 16.0 Å². The Labute approximate surface area is 167 Å². The van der Waals surface area contributed by atoms with Crippen LogP contribution in [0.5, 0.6) is 5.75 Å². The number of guanidine groups is 1. The van der Waals surface area contributed by atoms with Gasteiger partial charge in [0.1, 0.15) is 5.75 Å². The molecule has 0 spiro atoms. The number of nitrogens with zero attached hydrogens (tertiary/aromatic N) is 1. The Morgan fingerprint density at radius 1 is 1.14 bits per heavy atom. The average Bonchev–Trinajstić information content (AvgIpc) is 3.51. The van der Waals surface area contributed by atoms with Crippen LogP contribution < -0.4 is 20.7 Å². The van der Waals surface area contributed by atoms with Crippen molar-refractivity contribution in [1.29, 1.82) is 0 Å². The van der Waals surface area contributed by atoms with Crippen molar-refractivity contribution in [3.63, 3.8) is 0 Å². The number of aliphatic imine (C=N–C) groups is 1. The molecule has 154 valence electrons. The Kier molecular flexibility index (Phi) is 7.54. The van der Waals surface area contributed by atoms with Gasteiger partial charge in [-0.15, -0.1) is 0 Å². The lowest BCUT2D eigenvalue weighted by Gasteiger charge is -2.27. The van der Waals surface area contributed by atoms with Gasteiger partial charge in [0.25, 0.3) is 5.91 Å². The Hall–Kier alpha value is -2.28. The summed E-state index contributed by atoms with van der Waals surface area (Å²) in [4.78, 5) is 16.4. The van der Waals surface area contributed by atoms with Crippen molar-refractivity contribution < 1.29 is 14.6 Å². The summed E-state index contributed by atoms with van der Waals surface area (Å²) in [6.45, 7) is 3.40. The topological polar surface area (TPSA) is 95.0 Å². The molecule has 0 aromatic heterocycles. The first-order valence-electron chi connectivity index (χ1n) is 10.4. The highest BCUT2D eigenvalue weighted by atomic mass is 16.5. The third-order valence-electron chi connectivity index (χ3n) is 5.01. The van der Waals surface area contributed by atoms with E-state index in [1.54, 1.807) is 0 Å². The smallest absolute Gasteiger partial charge is 0.258 e. The number of rotatable bonds is 8. The van der Waals surface area contributed by atoms with Crippen LogP contribution in [-0.4, -0.2) is 48.3 Å². The number of aliphatic hydroxyl groups is 1. The van der Waals surface area contributed by atoms with E-state index in [0.29, 0.717) is 24.4 Å². The van der Waals surface area contributed by atoms with Crippen molar-refractivity contribution in [3.8, 4) is 5.75 Å². The fourth-order valence-corrected chi connectivity index (χ4v) is 3.28. The van der Waals surface area contributed by atoms with Crippen LogP contribution in [-0.2, 0) is 11.3 Å². The van der Waals surface area contributed by atoms with Gasteiger partial charge >= 0.3 is 0 Å². The van der Waals surface area contributed by atoms with Gasteiger partial charge in [-0.2, -0.15) is 0 Å². The number of aliphatic hydroxyl groups excluding tert-OH is 1. The number of benzene rings is 1. The monoisotopic (exact) mass is 388 g/mol. The molecule has 7 heteroatoms. The fourth-order valence-electron chi connectivity index (χ4n) is 3.28. The van der Waals surface area contributed by atoms with Crippen molar-refractivity contribution >= 4 is 11.9 Å². The molecular weight excluding hydrogens is 356 g/mol. The van der Waals surface area contributed by atoms with Crippen LogP contribution in [0.3, 0.4) is 0 Å². The molecule has 0 saturated heterocycles. The van der Waals surface area contributed by atoms with Gasteiger partial charge in [-0.3, -0.25) is 4.79 Å². The van der Waals surface area contributed by atoms with E-state index in [-0.39, 0.29) is 18.6 Å². The fraction of sp³-hybridized carbons (Fsp3) is 0.619. The van der Waals surface area contributed by atoms with Crippen LogP contribution in [0.4, 0.5) is 0 Å². The Morgan fingerprint density at radius 3 is 2.57 bits per heavy atom. The van der Waals surface area contributed by atoms with Crippen molar-refractivity contribution in [2.45, 2.75) is 70.2 Å². The van der Waals surface area contributed by atoms with Crippen molar-refractivity contribution in [2.75, 3.05) is 13.2 Å². The molecule has 4 N–H and O–H groups in total. The molecular formula is C21H32N4O3. The third-order valence-corrected chi connectivity index (χ3v) is 5.01. The van der Waals surface area contributed by atoms with Gasteiger partial charge in [0, 0.05) is 18.6 Å². The largest absolute Gasteiger partial charge is 0.484 e. The lowest BCUT2D eigenvalue weighted by molar-refractivity contribution is -0.123. The first kappa shape index (κ1) is 20.5. The van der Waals surface area contributed by atoms with Crippen LogP contribution in [0.25, 0.3) is 0 Å². The standard InChI is InChI=1S/C21H32N4O3/c1-2-22-21(25-17-8-10-18(26)11-9-17)23-13-15-4-3-5-19(12-15)28-14-20(27)24-16-6-7-16/h3-5,12,16-18,26H,2,6-11,13-14H2,1H3,(H,24,27)(H2,22,23,25). The summed E-state index contributed by atoms with van der Waals surface area (Å²) in [5.74, 6) is 1.40. The lowest BCUT2D eigenvalue weighted by Crippen LogP contribution is -2.45. The number of ether oxygens (including phenoxy) is 1. The number of hydrogen-bond donors (Lipinski definition) is 4. The Bertz CT molecular complexity index is 667. The van der Waals surface area contributed by atoms with Gasteiger partial charge in [0.05, 0.1) is 12.6 Å². The molecule has 2 fully saturated rings. The van der Waals surface area contributed by atoms with Gasteiger partial charge in [-0.1, -0.05) is 12.1 Å². The quantitative estimate of drug-likeness (QED) is 0.402. The van der Waals surface area contributed by atoms with Crippen LogP contribution in [0.1, 0.15) is 51.0 Å². The maximum Gasteiger partial charge on any atom is 0.258 e. The highest BCUT2D eigenvalue weighted by Crippen LogP contribution is 2.19. The van der Waals surface area contributed by atoms with Gasteiger partial charge in [-0.05, 0) is 63.1 Å². The highest BCUT2D eigenvalue weighted by molar-refractivity contribution is 5.80. The maximum absolute atomic E-state index is 11.8. The highest BCUT2D eigenvalue weighted by Gasteiger charge is 2.23. The van der Waals surface area contributed by atoms with Crippen LogP contribution in [0.2, 0.25) is 0 Å². The molecule has 0 bridgehead atoms. The minimum atomic E-state index is -0.160. The molecule has 0 heterocycles. The second-order valence-electron chi connectivity index (χ2n) is 7.62. The zero-order valence-electron chi connectivity index (χ0n) is 16.6. The van der Waals surface area contributed by atoms with E-state index in [4.69, 9.17) is 4.74 Å². The summed E-state index contributed by atoms with van der Waals surface area (Å²) in [5.41, 5.74) is 1.02. The molecule has 0 aliphatic heterocycles. The van der Waals surface area contributed by atoms with Gasteiger partial charge in [0.15, 0.2) is 12.6 Å². The SMILES string of the molecule is CCNC(=NCc1cccc(OCC(=O)NC2CC2)c1)NC1CCC(O)CC1. The number of amides is 1. The van der Waals surface area contributed by atoms with E-state index in [1.165, 1.54) is 0 Å². The van der Waals surface area contributed by atoms with Gasteiger partial charge in [0.2, 0.25) is 0 Å². The zero-order valence-corrected chi connectivity index (χ0v) is 16.6. The van der Waals surface area contributed by atoms with Crippen molar-refractivity contribution in [3.05, 3.63) is 29.8 Å². The van der Waals surface area contributed by atoms with Crippen LogP contribution >= 0.6 is 0 Å². The Morgan fingerprint density at radius 2 is 1.86 bits per heavy atom. The Balaban J connectivity index is 1.50. The molecule has 2 aliphatic carbocycles.